The third-order valence-electron chi connectivity index (χ3n) is 6.73. The predicted octanol–water partition coefficient (Wildman–Crippen LogP) is 2.15. The summed E-state index contributed by atoms with van der Waals surface area (Å²) in [5.74, 6) is 0.528. The van der Waals surface area contributed by atoms with Crippen molar-refractivity contribution in [3.63, 3.8) is 0 Å². The molecule has 2 N–H and O–H groups in total. The third-order valence-corrected chi connectivity index (χ3v) is 6.73. The van der Waals surface area contributed by atoms with Gasteiger partial charge in [-0.15, -0.1) is 31.4 Å². The number of phenols is 1. The standard InChI is InChI=1S/C19H21NO4.2ClH/c1-2-8-20-9-7-18-15-11-3-4-12(21)16(15)24-17(18)13(22)5-6-19(18,23)14(20)10-11;;/h2-4,14,17,21,23H,1,5-10H2;2*1H/t14-,17+,18+,19-;;/m1../s1. The van der Waals surface area contributed by atoms with Gasteiger partial charge in [-0.05, 0) is 30.9 Å². The van der Waals surface area contributed by atoms with Gasteiger partial charge in [0.2, 0.25) is 0 Å². The number of ketones is 1. The molecule has 26 heavy (non-hydrogen) atoms. The van der Waals surface area contributed by atoms with Crippen molar-refractivity contribution in [2.45, 2.75) is 48.8 Å². The van der Waals surface area contributed by atoms with Crippen molar-refractivity contribution >= 4 is 30.6 Å². The van der Waals surface area contributed by atoms with Crippen LogP contribution in [0.25, 0.3) is 0 Å². The maximum Gasteiger partial charge on any atom is 0.174 e. The number of piperidine rings is 1. The zero-order chi connectivity index (χ0) is 16.7. The number of ether oxygens (including phenoxy) is 1. The van der Waals surface area contributed by atoms with Gasteiger partial charge in [-0.3, -0.25) is 9.69 Å². The smallest absolute Gasteiger partial charge is 0.174 e. The lowest BCUT2D eigenvalue weighted by atomic mass is 9.49. The van der Waals surface area contributed by atoms with Gasteiger partial charge in [0.25, 0.3) is 0 Å². The van der Waals surface area contributed by atoms with Crippen LogP contribution in [0.2, 0.25) is 0 Å². The Morgan fingerprint density at radius 2 is 2.12 bits per heavy atom. The maximum atomic E-state index is 12.6. The Morgan fingerprint density at radius 1 is 1.35 bits per heavy atom. The second-order valence-electron chi connectivity index (χ2n) is 7.56. The lowest BCUT2D eigenvalue weighted by Gasteiger charge is -2.62. The lowest BCUT2D eigenvalue weighted by Crippen LogP contribution is -2.76. The number of benzene rings is 1. The van der Waals surface area contributed by atoms with Gasteiger partial charge in [-0.1, -0.05) is 12.1 Å². The molecule has 1 saturated carbocycles. The van der Waals surface area contributed by atoms with Crippen molar-refractivity contribution in [2.24, 2.45) is 0 Å². The second kappa shape index (κ2) is 6.13. The molecule has 1 aromatic carbocycles. The first kappa shape index (κ1) is 19.5. The van der Waals surface area contributed by atoms with Crippen molar-refractivity contribution in [2.75, 3.05) is 13.1 Å². The number of halogens is 2. The largest absolute Gasteiger partial charge is 0.504 e. The lowest BCUT2D eigenvalue weighted by molar-refractivity contribution is -0.187. The van der Waals surface area contributed by atoms with Gasteiger partial charge in [0.05, 0.1) is 11.0 Å². The first-order chi connectivity index (χ1) is 11.5. The third kappa shape index (κ3) is 1.97. The van der Waals surface area contributed by atoms with E-state index in [0.29, 0.717) is 31.4 Å². The number of hydrogen-bond acceptors (Lipinski definition) is 5. The van der Waals surface area contributed by atoms with E-state index in [1.807, 2.05) is 12.1 Å². The SMILES string of the molecule is C=CCN1CC[C@]23c4c5ccc(O)c4O[C@H]2C(=O)CC[C@@]3(O)[C@H]1C5.Cl.Cl. The van der Waals surface area contributed by atoms with Crippen LogP contribution in [0.4, 0.5) is 0 Å². The molecule has 5 rings (SSSR count). The molecule has 7 heteroatoms. The molecule has 1 aromatic rings. The highest BCUT2D eigenvalue weighted by atomic mass is 35.5. The van der Waals surface area contributed by atoms with Gasteiger partial charge in [0.15, 0.2) is 23.4 Å². The van der Waals surface area contributed by atoms with E-state index in [4.69, 9.17) is 4.74 Å². The van der Waals surface area contributed by atoms with Crippen LogP contribution in [0.1, 0.15) is 30.4 Å². The summed E-state index contributed by atoms with van der Waals surface area (Å²) in [5.41, 5.74) is 0.256. The fraction of sp³-hybridized carbons (Fsp3) is 0.526. The molecule has 2 aliphatic heterocycles. The Morgan fingerprint density at radius 3 is 2.85 bits per heavy atom. The van der Waals surface area contributed by atoms with E-state index >= 15 is 0 Å². The molecular formula is C19H23Cl2NO4. The molecule has 2 aliphatic carbocycles. The van der Waals surface area contributed by atoms with Gasteiger partial charge in [0, 0.05) is 31.1 Å². The van der Waals surface area contributed by atoms with Crippen LogP contribution >= 0.6 is 24.8 Å². The summed E-state index contributed by atoms with van der Waals surface area (Å²) >= 11 is 0. The molecule has 4 atom stereocenters. The van der Waals surface area contributed by atoms with E-state index in [1.165, 1.54) is 0 Å². The highest BCUT2D eigenvalue weighted by Gasteiger charge is 2.72. The fourth-order valence-corrected chi connectivity index (χ4v) is 5.80. The molecule has 1 spiro atoms. The molecule has 142 valence electrons. The quantitative estimate of drug-likeness (QED) is 0.745. The van der Waals surface area contributed by atoms with Crippen LogP contribution in [-0.2, 0) is 16.6 Å². The first-order valence-corrected chi connectivity index (χ1v) is 8.65. The van der Waals surface area contributed by atoms with Crippen LogP contribution in [0.3, 0.4) is 0 Å². The summed E-state index contributed by atoms with van der Waals surface area (Å²) in [6.45, 7) is 5.36. The highest BCUT2D eigenvalue weighted by Crippen LogP contribution is 2.64. The number of carbonyl (C=O) groups excluding carboxylic acids is 1. The Balaban J connectivity index is 0.000000980. The fourth-order valence-electron chi connectivity index (χ4n) is 5.80. The highest BCUT2D eigenvalue weighted by molar-refractivity contribution is 5.90. The second-order valence-corrected chi connectivity index (χ2v) is 7.56. The van der Waals surface area contributed by atoms with Gasteiger partial charge in [-0.2, -0.15) is 0 Å². The molecule has 5 nitrogen and oxygen atoms in total. The first-order valence-electron chi connectivity index (χ1n) is 8.65. The minimum Gasteiger partial charge on any atom is -0.504 e. The number of nitrogens with zero attached hydrogens (tertiary/aromatic N) is 1. The number of phenolic OH excluding ortho intramolecular Hbond substituents is 1. The Hall–Kier alpha value is -1.27. The summed E-state index contributed by atoms with van der Waals surface area (Å²) < 4.78 is 5.98. The number of aromatic hydroxyl groups is 1. The molecule has 2 fully saturated rings. The van der Waals surface area contributed by atoms with Crippen molar-refractivity contribution in [3.05, 3.63) is 35.9 Å². The number of likely N-dealkylation sites (tertiary alicyclic amines) is 1. The molecule has 2 bridgehead atoms. The van der Waals surface area contributed by atoms with E-state index < -0.39 is 17.1 Å². The number of Topliss-reactive ketones (excluding diaryl/α,β-unsaturated/α-hetero) is 1. The summed E-state index contributed by atoms with van der Waals surface area (Å²) in [6.07, 6.45) is 3.35. The molecule has 0 unspecified atom stereocenters. The van der Waals surface area contributed by atoms with Crippen LogP contribution in [0.15, 0.2) is 24.8 Å². The normalized spacial score (nSPS) is 36.3. The van der Waals surface area contributed by atoms with E-state index in [1.54, 1.807) is 6.07 Å². The minimum atomic E-state index is -1.00. The van der Waals surface area contributed by atoms with Crippen molar-refractivity contribution in [1.82, 2.24) is 4.90 Å². The molecule has 0 radical (unpaired) electrons. The van der Waals surface area contributed by atoms with Crippen molar-refractivity contribution < 1.29 is 19.7 Å². The Kier molecular flexibility index (Phi) is 4.59. The number of rotatable bonds is 2. The van der Waals surface area contributed by atoms with Crippen molar-refractivity contribution in [1.29, 1.82) is 0 Å². The van der Waals surface area contributed by atoms with Crippen LogP contribution < -0.4 is 4.74 Å². The average molecular weight is 400 g/mol. The zero-order valence-electron chi connectivity index (χ0n) is 14.3. The van der Waals surface area contributed by atoms with Crippen molar-refractivity contribution in [3.8, 4) is 11.5 Å². The molecule has 0 aromatic heterocycles. The summed E-state index contributed by atoms with van der Waals surface area (Å²) in [5, 5.41) is 22.1. The van der Waals surface area contributed by atoms with Gasteiger partial charge < -0.3 is 14.9 Å². The van der Waals surface area contributed by atoms with Gasteiger partial charge in [0.1, 0.15) is 0 Å². The van der Waals surface area contributed by atoms with Crippen LogP contribution in [0.5, 0.6) is 11.5 Å². The Bertz CT molecular complexity index is 785. The summed E-state index contributed by atoms with van der Waals surface area (Å²) in [7, 11) is 0. The summed E-state index contributed by atoms with van der Waals surface area (Å²) in [6, 6.07) is 3.52. The monoisotopic (exact) mass is 399 g/mol. The van der Waals surface area contributed by atoms with E-state index in [-0.39, 0.29) is 42.4 Å². The van der Waals surface area contributed by atoms with E-state index in [0.717, 1.165) is 24.2 Å². The average Bonchev–Trinajstić information content (AvgIpc) is 2.91. The molecular weight excluding hydrogens is 377 g/mol. The number of carbonyl (C=O) groups is 1. The number of hydrogen-bond donors (Lipinski definition) is 2. The van der Waals surface area contributed by atoms with Gasteiger partial charge >= 0.3 is 0 Å². The number of aliphatic hydroxyl groups is 1. The van der Waals surface area contributed by atoms with Crippen LogP contribution in [-0.4, -0.2) is 51.7 Å². The minimum absolute atomic E-state index is 0. The molecule has 0 amide bonds. The van der Waals surface area contributed by atoms with Crippen LogP contribution in [0, 0.1) is 0 Å². The predicted molar refractivity (Wildman–Crippen MR) is 102 cm³/mol. The molecule has 1 saturated heterocycles. The maximum absolute atomic E-state index is 12.6. The summed E-state index contributed by atoms with van der Waals surface area (Å²) in [4.78, 5) is 14.9. The van der Waals surface area contributed by atoms with E-state index in [2.05, 4.69) is 11.5 Å². The topological polar surface area (TPSA) is 70.0 Å². The molecule has 4 aliphatic rings. The van der Waals surface area contributed by atoms with E-state index in [9.17, 15) is 15.0 Å². The Labute approximate surface area is 164 Å². The zero-order valence-corrected chi connectivity index (χ0v) is 15.9. The van der Waals surface area contributed by atoms with Gasteiger partial charge in [-0.25, -0.2) is 0 Å². The molecule has 2 heterocycles.